The number of nitrogens with zero attached hydrogens (tertiary/aromatic N) is 4. The SMILES string of the molecule is Cn1nnc(-c2cc(S(=O)O)ccc2Nc2ccc(-c3ccccc3)cc2)n1. The first-order valence-corrected chi connectivity index (χ1v) is 9.62. The van der Waals surface area contributed by atoms with Crippen LogP contribution < -0.4 is 5.32 Å². The molecule has 0 aliphatic carbocycles. The molecular weight excluding hydrogens is 374 g/mol. The molecule has 28 heavy (non-hydrogen) atoms. The summed E-state index contributed by atoms with van der Waals surface area (Å²) in [6, 6.07) is 23.1. The van der Waals surface area contributed by atoms with Gasteiger partial charge < -0.3 is 9.87 Å². The Morgan fingerprint density at radius 3 is 2.32 bits per heavy atom. The van der Waals surface area contributed by atoms with E-state index < -0.39 is 11.1 Å². The minimum absolute atomic E-state index is 0.271. The fourth-order valence-corrected chi connectivity index (χ4v) is 3.25. The van der Waals surface area contributed by atoms with Crippen molar-refractivity contribution in [3.8, 4) is 22.5 Å². The van der Waals surface area contributed by atoms with E-state index in [-0.39, 0.29) is 4.90 Å². The molecule has 2 N–H and O–H groups in total. The molecule has 7 nitrogen and oxygen atoms in total. The largest absolute Gasteiger partial charge is 0.355 e. The van der Waals surface area contributed by atoms with Gasteiger partial charge in [0.1, 0.15) is 0 Å². The van der Waals surface area contributed by atoms with E-state index in [4.69, 9.17) is 0 Å². The first-order valence-electron chi connectivity index (χ1n) is 8.52. The molecule has 3 aromatic carbocycles. The molecule has 0 radical (unpaired) electrons. The predicted octanol–water partition coefficient (Wildman–Crippen LogP) is 3.87. The lowest BCUT2D eigenvalue weighted by atomic mass is 10.1. The minimum atomic E-state index is -2.10. The summed E-state index contributed by atoms with van der Waals surface area (Å²) in [6.45, 7) is 0. The third kappa shape index (κ3) is 3.83. The molecule has 0 aliphatic heterocycles. The second-order valence-corrected chi connectivity index (χ2v) is 7.10. The molecule has 0 aliphatic rings. The van der Waals surface area contributed by atoms with E-state index in [9.17, 15) is 8.76 Å². The Balaban J connectivity index is 1.66. The Labute approximate surface area is 164 Å². The fourth-order valence-electron chi connectivity index (χ4n) is 2.85. The number of benzene rings is 3. The van der Waals surface area contributed by atoms with Gasteiger partial charge in [-0.1, -0.05) is 42.5 Å². The summed E-state index contributed by atoms with van der Waals surface area (Å²) < 4.78 is 20.9. The highest BCUT2D eigenvalue weighted by Crippen LogP contribution is 2.30. The normalized spacial score (nSPS) is 11.9. The lowest BCUT2D eigenvalue weighted by Crippen LogP contribution is -1.98. The zero-order valence-electron chi connectivity index (χ0n) is 15.0. The van der Waals surface area contributed by atoms with Crippen LogP contribution in [-0.4, -0.2) is 29.0 Å². The van der Waals surface area contributed by atoms with Gasteiger partial charge in [-0.15, -0.1) is 10.2 Å². The first kappa shape index (κ1) is 18.0. The predicted molar refractivity (Wildman–Crippen MR) is 108 cm³/mol. The molecule has 1 unspecified atom stereocenters. The highest BCUT2D eigenvalue weighted by molar-refractivity contribution is 7.79. The van der Waals surface area contributed by atoms with E-state index in [2.05, 4.69) is 32.9 Å². The monoisotopic (exact) mass is 391 g/mol. The summed E-state index contributed by atoms with van der Waals surface area (Å²) in [7, 11) is 1.67. The lowest BCUT2D eigenvalue weighted by Gasteiger charge is -2.12. The van der Waals surface area contributed by atoms with Crippen LogP contribution in [0, 0.1) is 0 Å². The van der Waals surface area contributed by atoms with Crippen LogP contribution in [0.25, 0.3) is 22.5 Å². The maximum absolute atomic E-state index is 11.5. The standard InChI is InChI=1S/C20H17N5O2S/c1-25-23-20(22-24-25)18-13-17(28(26)27)11-12-19(18)21-16-9-7-15(8-10-16)14-5-3-2-4-6-14/h2-13,21H,1H3,(H,26,27). The molecule has 1 aromatic heterocycles. The maximum atomic E-state index is 11.5. The number of aromatic nitrogens is 4. The quantitative estimate of drug-likeness (QED) is 0.502. The Hall–Kier alpha value is -3.36. The topological polar surface area (TPSA) is 92.9 Å². The molecule has 0 amide bonds. The number of nitrogens with one attached hydrogen (secondary N) is 1. The summed E-state index contributed by atoms with van der Waals surface area (Å²) in [4.78, 5) is 1.61. The number of hydrogen-bond donors (Lipinski definition) is 2. The fraction of sp³-hybridized carbons (Fsp3) is 0.0500. The van der Waals surface area contributed by atoms with E-state index in [0.717, 1.165) is 22.5 Å². The van der Waals surface area contributed by atoms with Gasteiger partial charge in [0, 0.05) is 16.9 Å². The van der Waals surface area contributed by atoms with Crippen LogP contribution in [0.3, 0.4) is 0 Å². The van der Waals surface area contributed by atoms with Gasteiger partial charge in [-0.3, -0.25) is 0 Å². The van der Waals surface area contributed by atoms with Crippen LogP contribution in [-0.2, 0) is 18.1 Å². The Morgan fingerprint density at radius 1 is 0.964 bits per heavy atom. The van der Waals surface area contributed by atoms with Gasteiger partial charge in [-0.2, -0.15) is 4.80 Å². The molecule has 1 atom stereocenters. The van der Waals surface area contributed by atoms with Gasteiger partial charge in [0.2, 0.25) is 5.82 Å². The van der Waals surface area contributed by atoms with Gasteiger partial charge >= 0.3 is 0 Å². The van der Waals surface area contributed by atoms with Gasteiger partial charge in [0.15, 0.2) is 11.1 Å². The van der Waals surface area contributed by atoms with Crippen molar-refractivity contribution in [2.24, 2.45) is 7.05 Å². The maximum Gasteiger partial charge on any atom is 0.207 e. The Morgan fingerprint density at radius 2 is 1.68 bits per heavy atom. The molecule has 0 saturated carbocycles. The molecule has 140 valence electrons. The second-order valence-electron chi connectivity index (χ2n) is 6.13. The summed E-state index contributed by atoms with van der Waals surface area (Å²) in [6.07, 6.45) is 0. The number of aryl methyl sites for hydroxylation is 1. The molecule has 1 heterocycles. The number of rotatable bonds is 5. The van der Waals surface area contributed by atoms with Gasteiger partial charge in [-0.05, 0) is 46.7 Å². The van der Waals surface area contributed by atoms with Gasteiger partial charge in [0.25, 0.3) is 0 Å². The summed E-state index contributed by atoms with van der Waals surface area (Å²) in [5.41, 5.74) is 4.46. The smallest absolute Gasteiger partial charge is 0.207 e. The Kier molecular flexibility index (Phi) is 4.96. The molecule has 0 spiro atoms. The molecule has 4 rings (SSSR count). The third-order valence-electron chi connectivity index (χ3n) is 4.21. The summed E-state index contributed by atoms with van der Waals surface area (Å²) in [5.74, 6) is 0.373. The summed E-state index contributed by atoms with van der Waals surface area (Å²) in [5, 5.41) is 15.4. The average molecular weight is 391 g/mol. The molecule has 0 fully saturated rings. The first-order chi connectivity index (χ1) is 13.6. The van der Waals surface area contributed by atoms with Crippen LogP contribution in [0.5, 0.6) is 0 Å². The van der Waals surface area contributed by atoms with E-state index >= 15 is 0 Å². The number of anilines is 2. The van der Waals surface area contributed by atoms with E-state index in [1.54, 1.807) is 25.2 Å². The van der Waals surface area contributed by atoms with E-state index in [0.29, 0.717) is 11.4 Å². The number of tetrazole rings is 1. The van der Waals surface area contributed by atoms with Crippen LogP contribution in [0.2, 0.25) is 0 Å². The molecular formula is C20H17N5O2S. The van der Waals surface area contributed by atoms with Crippen LogP contribution in [0.4, 0.5) is 11.4 Å². The van der Waals surface area contributed by atoms with Gasteiger partial charge in [-0.25, -0.2) is 4.21 Å². The van der Waals surface area contributed by atoms with E-state index in [1.165, 1.54) is 4.80 Å². The minimum Gasteiger partial charge on any atom is -0.355 e. The summed E-state index contributed by atoms with van der Waals surface area (Å²) >= 11 is -2.10. The zero-order valence-corrected chi connectivity index (χ0v) is 15.8. The third-order valence-corrected chi connectivity index (χ3v) is 4.87. The highest BCUT2D eigenvalue weighted by Gasteiger charge is 2.14. The van der Waals surface area contributed by atoms with Crippen LogP contribution in [0.15, 0.2) is 77.7 Å². The van der Waals surface area contributed by atoms with E-state index in [1.807, 2.05) is 42.5 Å². The van der Waals surface area contributed by atoms with Crippen LogP contribution >= 0.6 is 0 Å². The van der Waals surface area contributed by atoms with Crippen molar-refractivity contribution in [1.82, 2.24) is 20.2 Å². The van der Waals surface area contributed by atoms with Crippen molar-refractivity contribution in [3.05, 3.63) is 72.8 Å². The highest BCUT2D eigenvalue weighted by atomic mass is 32.2. The van der Waals surface area contributed by atoms with Crippen molar-refractivity contribution in [3.63, 3.8) is 0 Å². The second kappa shape index (κ2) is 7.71. The van der Waals surface area contributed by atoms with Crippen molar-refractivity contribution < 1.29 is 8.76 Å². The van der Waals surface area contributed by atoms with Crippen molar-refractivity contribution in [2.75, 3.05) is 5.32 Å². The molecule has 8 heteroatoms. The lowest BCUT2D eigenvalue weighted by molar-refractivity contribution is 0.564. The van der Waals surface area contributed by atoms with Gasteiger partial charge in [0.05, 0.1) is 11.9 Å². The molecule has 0 bridgehead atoms. The average Bonchev–Trinajstić information content (AvgIpc) is 3.15. The molecule has 4 aromatic rings. The number of hydrogen-bond acceptors (Lipinski definition) is 5. The zero-order chi connectivity index (χ0) is 19.5. The Bertz CT molecular complexity index is 1130. The van der Waals surface area contributed by atoms with Crippen molar-refractivity contribution in [2.45, 2.75) is 4.90 Å². The van der Waals surface area contributed by atoms with Crippen LogP contribution in [0.1, 0.15) is 0 Å². The molecule has 0 saturated heterocycles. The van der Waals surface area contributed by atoms with Crippen molar-refractivity contribution in [1.29, 1.82) is 0 Å². The van der Waals surface area contributed by atoms with Crippen molar-refractivity contribution >= 4 is 22.5 Å².